The molecule has 0 saturated heterocycles. The van der Waals surface area contributed by atoms with Crippen molar-refractivity contribution in [2.24, 2.45) is 0 Å². The molecule has 0 spiro atoms. The molecule has 1 aromatic carbocycles. The Kier molecular flexibility index (Phi) is 5.31. The summed E-state index contributed by atoms with van der Waals surface area (Å²) in [7, 11) is 0. The van der Waals surface area contributed by atoms with Crippen LogP contribution in [0.25, 0.3) is 0 Å². The number of pyridine rings is 1. The average Bonchev–Trinajstić information content (AvgIpc) is 2.98. The first-order valence-corrected chi connectivity index (χ1v) is 8.40. The van der Waals surface area contributed by atoms with Gasteiger partial charge in [-0.25, -0.2) is 0 Å². The molecule has 0 fully saturated rings. The summed E-state index contributed by atoms with van der Waals surface area (Å²) in [6, 6.07) is 10.7. The average molecular weight is 351 g/mol. The van der Waals surface area contributed by atoms with E-state index in [-0.39, 0.29) is 11.9 Å². The summed E-state index contributed by atoms with van der Waals surface area (Å²) >= 11 is 0. The topological polar surface area (TPSA) is 77.2 Å². The van der Waals surface area contributed by atoms with Crippen molar-refractivity contribution < 1.29 is 14.1 Å². The van der Waals surface area contributed by atoms with E-state index in [4.69, 9.17) is 9.26 Å². The number of hydrogen-bond acceptors (Lipinski definition) is 5. The summed E-state index contributed by atoms with van der Waals surface area (Å²) in [5, 5.41) is 6.88. The highest BCUT2D eigenvalue weighted by molar-refractivity contribution is 5.94. The van der Waals surface area contributed by atoms with Crippen LogP contribution in [0.3, 0.4) is 0 Å². The van der Waals surface area contributed by atoms with Gasteiger partial charge in [-0.05, 0) is 50.6 Å². The van der Waals surface area contributed by atoms with Gasteiger partial charge in [0.1, 0.15) is 18.1 Å². The van der Waals surface area contributed by atoms with Crippen molar-refractivity contribution in [2.45, 2.75) is 33.4 Å². The van der Waals surface area contributed by atoms with Crippen LogP contribution < -0.4 is 10.1 Å². The zero-order chi connectivity index (χ0) is 18.5. The van der Waals surface area contributed by atoms with Crippen LogP contribution in [-0.4, -0.2) is 16.0 Å². The second kappa shape index (κ2) is 7.82. The molecule has 26 heavy (non-hydrogen) atoms. The molecular weight excluding hydrogens is 330 g/mol. The first kappa shape index (κ1) is 17.7. The number of benzene rings is 1. The molecule has 6 heteroatoms. The maximum atomic E-state index is 12.5. The summed E-state index contributed by atoms with van der Waals surface area (Å²) in [5.74, 6) is 1.19. The number of aryl methyl sites for hydroxylation is 2. The van der Waals surface area contributed by atoms with Crippen LogP contribution in [0.5, 0.6) is 5.75 Å². The van der Waals surface area contributed by atoms with Gasteiger partial charge in [0.2, 0.25) is 0 Å². The molecule has 1 N–H and O–H groups in total. The van der Waals surface area contributed by atoms with Crippen LogP contribution in [0, 0.1) is 13.8 Å². The van der Waals surface area contributed by atoms with E-state index in [1.807, 2.05) is 39.0 Å². The van der Waals surface area contributed by atoms with E-state index in [1.165, 1.54) is 0 Å². The number of hydrogen-bond donors (Lipinski definition) is 1. The van der Waals surface area contributed by atoms with Gasteiger partial charge >= 0.3 is 0 Å². The van der Waals surface area contributed by atoms with E-state index in [9.17, 15) is 4.79 Å². The molecule has 0 bridgehead atoms. The van der Waals surface area contributed by atoms with Crippen LogP contribution in [0.4, 0.5) is 0 Å². The number of carbonyl (C=O) groups is 1. The normalized spacial score (nSPS) is 11.8. The fraction of sp³-hybridized carbons (Fsp3) is 0.250. The van der Waals surface area contributed by atoms with Crippen molar-refractivity contribution in [1.82, 2.24) is 15.5 Å². The standard InChI is InChI=1S/C20H21N3O3/c1-13(17-7-5-9-21-11-17)22-20(24)16-6-4-8-18(10-16)25-12-19-14(2)23-26-15(19)3/h4-11,13H,12H2,1-3H3,(H,22,24)/t13-/m0/s1. The van der Waals surface area contributed by atoms with E-state index in [2.05, 4.69) is 15.5 Å². The number of aromatic nitrogens is 2. The fourth-order valence-corrected chi connectivity index (χ4v) is 2.59. The maximum Gasteiger partial charge on any atom is 0.251 e. The first-order valence-electron chi connectivity index (χ1n) is 8.40. The molecule has 3 aromatic rings. The van der Waals surface area contributed by atoms with E-state index in [0.29, 0.717) is 17.9 Å². The largest absolute Gasteiger partial charge is 0.489 e. The van der Waals surface area contributed by atoms with Crippen LogP contribution in [0.1, 0.15) is 45.9 Å². The van der Waals surface area contributed by atoms with Gasteiger partial charge in [-0.3, -0.25) is 9.78 Å². The Labute approximate surface area is 152 Å². The lowest BCUT2D eigenvalue weighted by molar-refractivity contribution is 0.0939. The fourth-order valence-electron chi connectivity index (χ4n) is 2.59. The summed E-state index contributed by atoms with van der Waals surface area (Å²) in [6.45, 7) is 5.99. The predicted molar refractivity (Wildman–Crippen MR) is 96.9 cm³/mol. The highest BCUT2D eigenvalue weighted by atomic mass is 16.5. The van der Waals surface area contributed by atoms with Crippen molar-refractivity contribution in [3.63, 3.8) is 0 Å². The molecule has 1 amide bonds. The maximum absolute atomic E-state index is 12.5. The van der Waals surface area contributed by atoms with Crippen LogP contribution in [0.15, 0.2) is 53.3 Å². The minimum absolute atomic E-state index is 0.136. The summed E-state index contributed by atoms with van der Waals surface area (Å²) in [6.07, 6.45) is 3.45. The predicted octanol–water partition coefficient (Wildman–Crippen LogP) is 3.76. The monoisotopic (exact) mass is 351 g/mol. The van der Waals surface area contributed by atoms with Crippen LogP contribution in [-0.2, 0) is 6.61 Å². The molecule has 0 unspecified atom stereocenters. The third-order valence-corrected chi connectivity index (χ3v) is 4.19. The minimum Gasteiger partial charge on any atom is -0.489 e. The molecule has 2 aromatic heterocycles. The Balaban J connectivity index is 1.66. The quantitative estimate of drug-likeness (QED) is 0.732. The van der Waals surface area contributed by atoms with Crippen molar-refractivity contribution >= 4 is 5.91 Å². The molecular formula is C20H21N3O3. The Bertz CT molecular complexity index is 871. The lowest BCUT2D eigenvalue weighted by Gasteiger charge is -2.14. The van der Waals surface area contributed by atoms with E-state index in [1.54, 1.807) is 30.6 Å². The van der Waals surface area contributed by atoms with E-state index >= 15 is 0 Å². The third kappa shape index (κ3) is 4.08. The minimum atomic E-state index is -0.163. The smallest absolute Gasteiger partial charge is 0.251 e. The number of amides is 1. The molecule has 0 aliphatic rings. The molecule has 2 heterocycles. The van der Waals surface area contributed by atoms with E-state index < -0.39 is 0 Å². The molecule has 6 nitrogen and oxygen atoms in total. The molecule has 0 saturated carbocycles. The van der Waals surface area contributed by atoms with Crippen molar-refractivity contribution in [1.29, 1.82) is 0 Å². The molecule has 0 aliphatic heterocycles. The van der Waals surface area contributed by atoms with Crippen LogP contribution >= 0.6 is 0 Å². The lowest BCUT2D eigenvalue weighted by atomic mass is 10.1. The highest BCUT2D eigenvalue weighted by Gasteiger charge is 2.13. The summed E-state index contributed by atoms with van der Waals surface area (Å²) < 4.78 is 10.9. The molecule has 3 rings (SSSR count). The number of carbonyl (C=O) groups excluding carboxylic acids is 1. The van der Waals surface area contributed by atoms with Gasteiger partial charge in [0.25, 0.3) is 5.91 Å². The Morgan fingerprint density at radius 3 is 2.81 bits per heavy atom. The Morgan fingerprint density at radius 2 is 2.12 bits per heavy atom. The van der Waals surface area contributed by atoms with Gasteiger partial charge in [-0.1, -0.05) is 17.3 Å². The van der Waals surface area contributed by atoms with Gasteiger partial charge in [0.05, 0.1) is 17.3 Å². The molecule has 1 atom stereocenters. The molecule has 0 aliphatic carbocycles. The Hall–Kier alpha value is -3.15. The number of nitrogens with zero attached hydrogens (tertiary/aromatic N) is 2. The van der Waals surface area contributed by atoms with Crippen molar-refractivity contribution in [3.8, 4) is 5.75 Å². The third-order valence-electron chi connectivity index (χ3n) is 4.19. The molecule has 134 valence electrons. The van der Waals surface area contributed by atoms with Gasteiger partial charge in [-0.15, -0.1) is 0 Å². The van der Waals surface area contributed by atoms with Crippen molar-refractivity contribution in [2.75, 3.05) is 0 Å². The number of nitrogens with one attached hydrogen (secondary N) is 1. The van der Waals surface area contributed by atoms with Gasteiger partial charge in [0, 0.05) is 18.0 Å². The van der Waals surface area contributed by atoms with Gasteiger partial charge in [-0.2, -0.15) is 0 Å². The Morgan fingerprint density at radius 1 is 1.27 bits per heavy atom. The molecule has 0 radical (unpaired) electrons. The van der Waals surface area contributed by atoms with E-state index in [0.717, 1.165) is 22.6 Å². The highest BCUT2D eigenvalue weighted by Crippen LogP contribution is 2.19. The summed E-state index contributed by atoms with van der Waals surface area (Å²) in [4.78, 5) is 16.6. The zero-order valence-electron chi connectivity index (χ0n) is 15.0. The second-order valence-electron chi connectivity index (χ2n) is 6.10. The zero-order valence-corrected chi connectivity index (χ0v) is 15.0. The number of rotatable bonds is 6. The second-order valence-corrected chi connectivity index (χ2v) is 6.10. The number of ether oxygens (including phenoxy) is 1. The van der Waals surface area contributed by atoms with Crippen LogP contribution in [0.2, 0.25) is 0 Å². The van der Waals surface area contributed by atoms with Crippen molar-refractivity contribution in [3.05, 3.63) is 76.9 Å². The summed E-state index contributed by atoms with van der Waals surface area (Å²) in [5.41, 5.74) is 3.22. The van der Waals surface area contributed by atoms with Gasteiger partial charge in [0.15, 0.2) is 0 Å². The van der Waals surface area contributed by atoms with Gasteiger partial charge < -0.3 is 14.6 Å². The SMILES string of the molecule is Cc1noc(C)c1COc1cccc(C(=O)N[C@@H](C)c2cccnc2)c1. The first-order chi connectivity index (χ1) is 12.5. The lowest BCUT2D eigenvalue weighted by Crippen LogP contribution is -2.26.